The molecule has 0 bridgehead atoms. The Labute approximate surface area is 138 Å². The van der Waals surface area contributed by atoms with Gasteiger partial charge in [0.05, 0.1) is 6.10 Å². The van der Waals surface area contributed by atoms with E-state index in [0.29, 0.717) is 5.92 Å². The summed E-state index contributed by atoms with van der Waals surface area (Å²) in [6, 6.07) is 3.55. The summed E-state index contributed by atoms with van der Waals surface area (Å²) in [4.78, 5) is 10.8. The predicted molar refractivity (Wildman–Crippen MR) is 98.3 cm³/mol. The van der Waals surface area contributed by atoms with Gasteiger partial charge < -0.3 is 10.2 Å². The van der Waals surface area contributed by atoms with Crippen molar-refractivity contribution in [3.05, 3.63) is 12.2 Å². The largest absolute Gasteiger partial charge is 0.413 e. The van der Waals surface area contributed by atoms with Crippen LogP contribution in [0, 0.1) is 11.3 Å². The molecule has 2 atom stereocenters. The van der Waals surface area contributed by atoms with Gasteiger partial charge in [-0.2, -0.15) is 0 Å². The van der Waals surface area contributed by atoms with Crippen LogP contribution in [-0.4, -0.2) is 20.3 Å². The Morgan fingerprint density at radius 3 is 2.05 bits per heavy atom. The van der Waals surface area contributed by atoms with Gasteiger partial charge in [-0.1, -0.05) is 54.5 Å². The molecule has 0 aromatic heterocycles. The fourth-order valence-corrected chi connectivity index (χ4v) is 5.81. The van der Waals surface area contributed by atoms with Crippen LogP contribution in [0.4, 0.5) is 0 Å². The van der Waals surface area contributed by atoms with E-state index < -0.39 is 8.32 Å². The van der Waals surface area contributed by atoms with Crippen LogP contribution in [0.5, 0.6) is 0 Å². The summed E-state index contributed by atoms with van der Waals surface area (Å²) >= 11 is 0. The van der Waals surface area contributed by atoms with Crippen LogP contribution >= 0.6 is 0 Å². The van der Waals surface area contributed by atoms with E-state index in [1.807, 2.05) is 6.08 Å². The second-order valence-electron chi connectivity index (χ2n) is 7.60. The van der Waals surface area contributed by atoms with Crippen LogP contribution < -0.4 is 5.73 Å². The summed E-state index contributed by atoms with van der Waals surface area (Å²) in [5.41, 5.74) is 5.28. The van der Waals surface area contributed by atoms with Crippen molar-refractivity contribution in [3.8, 4) is 0 Å². The third-order valence-corrected chi connectivity index (χ3v) is 9.38. The van der Waals surface area contributed by atoms with Crippen molar-refractivity contribution >= 4 is 14.2 Å². The van der Waals surface area contributed by atoms with Crippen LogP contribution in [-0.2, 0) is 9.22 Å². The highest BCUT2D eigenvalue weighted by Gasteiger charge is 2.36. The molecular weight excluding hydrogens is 290 g/mol. The molecule has 4 heteroatoms. The lowest BCUT2D eigenvalue weighted by atomic mass is 9.83. The molecule has 0 heterocycles. The molecule has 0 aliphatic heterocycles. The third-order valence-electron chi connectivity index (χ3n) is 4.73. The number of hydrogen-bond acceptors (Lipinski definition) is 2. The second kappa shape index (κ2) is 9.51. The number of allylic oxidation sites excluding steroid dienone is 1. The number of rotatable bonds is 10. The second-order valence-corrected chi connectivity index (χ2v) is 12.3. The zero-order valence-corrected chi connectivity index (χ0v) is 16.7. The maximum Gasteiger partial charge on any atom is 0.241 e. The van der Waals surface area contributed by atoms with E-state index in [-0.39, 0.29) is 17.4 Å². The van der Waals surface area contributed by atoms with Crippen molar-refractivity contribution in [1.29, 1.82) is 0 Å². The van der Waals surface area contributed by atoms with Gasteiger partial charge in [0.1, 0.15) is 0 Å². The molecule has 1 amide bonds. The molecule has 0 aromatic carbocycles. The minimum atomic E-state index is -1.60. The number of carbonyl (C=O) groups is 1. The molecule has 0 spiro atoms. The summed E-state index contributed by atoms with van der Waals surface area (Å²) in [5.74, 6) is 0.113. The lowest BCUT2D eigenvalue weighted by Gasteiger charge is -2.40. The average Bonchev–Trinajstić information content (AvgIpc) is 2.42. The molecule has 0 saturated heterocycles. The number of nitrogens with two attached hydrogens (primary N) is 1. The van der Waals surface area contributed by atoms with Gasteiger partial charge in [0.2, 0.25) is 5.91 Å². The molecule has 2 N–H and O–H groups in total. The molecule has 130 valence electrons. The number of carbonyl (C=O) groups excluding carboxylic acids is 1. The Morgan fingerprint density at radius 2 is 1.68 bits per heavy atom. The summed E-state index contributed by atoms with van der Waals surface area (Å²) < 4.78 is 6.77. The maximum atomic E-state index is 10.8. The van der Waals surface area contributed by atoms with Crippen molar-refractivity contribution < 1.29 is 9.22 Å². The summed E-state index contributed by atoms with van der Waals surface area (Å²) in [6.45, 7) is 15.9. The van der Waals surface area contributed by atoms with E-state index >= 15 is 0 Å². The normalized spacial score (nSPS) is 16.0. The smallest absolute Gasteiger partial charge is 0.241 e. The minimum Gasteiger partial charge on any atom is -0.413 e. The zero-order chi connectivity index (χ0) is 17.4. The van der Waals surface area contributed by atoms with Crippen molar-refractivity contribution in [1.82, 2.24) is 0 Å². The lowest BCUT2D eigenvalue weighted by molar-refractivity contribution is -0.113. The fraction of sp³-hybridized carbons (Fsp3) is 0.833. The van der Waals surface area contributed by atoms with Gasteiger partial charge in [0, 0.05) is 0 Å². The van der Waals surface area contributed by atoms with Crippen LogP contribution in [0.3, 0.4) is 0 Å². The van der Waals surface area contributed by atoms with Crippen molar-refractivity contribution in [2.45, 2.75) is 85.5 Å². The van der Waals surface area contributed by atoms with Gasteiger partial charge in [0.15, 0.2) is 8.32 Å². The van der Waals surface area contributed by atoms with Crippen LogP contribution in [0.2, 0.25) is 18.1 Å². The molecule has 22 heavy (non-hydrogen) atoms. The van der Waals surface area contributed by atoms with E-state index in [4.69, 9.17) is 10.2 Å². The van der Waals surface area contributed by atoms with Gasteiger partial charge in [0.25, 0.3) is 0 Å². The monoisotopic (exact) mass is 327 g/mol. The first-order valence-electron chi connectivity index (χ1n) is 8.74. The Kier molecular flexibility index (Phi) is 9.24. The van der Waals surface area contributed by atoms with E-state index in [2.05, 4.69) is 48.5 Å². The Balaban J connectivity index is 4.90. The first kappa shape index (κ1) is 21.4. The fourth-order valence-electron chi connectivity index (χ4n) is 2.76. The topological polar surface area (TPSA) is 52.3 Å². The van der Waals surface area contributed by atoms with E-state index in [1.165, 1.54) is 24.2 Å². The summed E-state index contributed by atoms with van der Waals surface area (Å²) in [7, 11) is -1.60. The molecule has 0 unspecified atom stereocenters. The van der Waals surface area contributed by atoms with Crippen LogP contribution in [0.15, 0.2) is 12.2 Å². The molecule has 0 fully saturated rings. The molecule has 0 aliphatic rings. The molecule has 0 saturated carbocycles. The lowest BCUT2D eigenvalue weighted by Crippen LogP contribution is -2.45. The van der Waals surface area contributed by atoms with Crippen LogP contribution in [0.25, 0.3) is 0 Å². The van der Waals surface area contributed by atoms with Gasteiger partial charge in [-0.25, -0.2) is 0 Å². The van der Waals surface area contributed by atoms with E-state index in [9.17, 15) is 4.79 Å². The Hall–Kier alpha value is -0.613. The van der Waals surface area contributed by atoms with E-state index in [0.717, 1.165) is 12.8 Å². The molecule has 0 aromatic rings. The first-order chi connectivity index (χ1) is 10.1. The predicted octanol–water partition coefficient (Wildman–Crippen LogP) is 4.88. The average molecular weight is 328 g/mol. The van der Waals surface area contributed by atoms with Gasteiger partial charge >= 0.3 is 0 Å². The van der Waals surface area contributed by atoms with Crippen LogP contribution in [0.1, 0.15) is 61.3 Å². The Bertz CT molecular complexity index is 348. The number of hydrogen-bond donors (Lipinski definition) is 1. The number of amides is 1. The van der Waals surface area contributed by atoms with Gasteiger partial charge in [-0.3, -0.25) is 4.79 Å². The highest BCUT2D eigenvalue weighted by molar-refractivity contribution is 6.73. The Morgan fingerprint density at radius 1 is 1.18 bits per heavy atom. The van der Waals surface area contributed by atoms with Crippen molar-refractivity contribution in [2.75, 3.05) is 0 Å². The summed E-state index contributed by atoms with van der Waals surface area (Å²) in [5, 5.41) is 0. The summed E-state index contributed by atoms with van der Waals surface area (Å²) in [6.07, 6.45) is 5.53. The minimum absolute atomic E-state index is 0.138. The highest BCUT2D eigenvalue weighted by atomic mass is 28.4. The first-order valence-corrected chi connectivity index (χ1v) is 11.3. The zero-order valence-electron chi connectivity index (χ0n) is 15.7. The van der Waals surface area contributed by atoms with Gasteiger partial charge in [-0.15, -0.1) is 0 Å². The van der Waals surface area contributed by atoms with Gasteiger partial charge in [-0.05, 0) is 48.4 Å². The SMILES string of the molecule is CC[Si](CC)(CC)O[C@@H](C[C@@H](C)C/C=C/C(N)=O)C(C)(C)C. The molecule has 0 aliphatic carbocycles. The highest BCUT2D eigenvalue weighted by Crippen LogP contribution is 2.34. The van der Waals surface area contributed by atoms with Crippen molar-refractivity contribution in [3.63, 3.8) is 0 Å². The van der Waals surface area contributed by atoms with Crippen molar-refractivity contribution in [2.24, 2.45) is 17.1 Å². The molecule has 0 radical (unpaired) electrons. The standard InChI is InChI=1S/C18H37NO2Si/c1-8-22(9-2,10-3)21-16(18(5,6)7)14-15(4)12-11-13-17(19)20/h11,13,15-16H,8-10,12,14H2,1-7H3,(H2,19,20)/b13-11+/t15-,16-/m0/s1. The molecule has 3 nitrogen and oxygen atoms in total. The van der Waals surface area contributed by atoms with E-state index in [1.54, 1.807) is 0 Å². The molecule has 0 rings (SSSR count). The maximum absolute atomic E-state index is 10.8. The third kappa shape index (κ3) is 7.59. The molecular formula is C18H37NO2Si. The quantitative estimate of drug-likeness (QED) is 0.459. The number of primary amides is 1.